The maximum Gasteiger partial charge on any atom is 0.310 e. The highest BCUT2D eigenvalue weighted by Gasteiger charge is 2.25. The van der Waals surface area contributed by atoms with Crippen LogP contribution in [0.15, 0.2) is 18.2 Å². The summed E-state index contributed by atoms with van der Waals surface area (Å²) >= 11 is 6.44. The number of pyridine rings is 1. The fourth-order valence-corrected chi connectivity index (χ4v) is 2.87. The van der Waals surface area contributed by atoms with Crippen LogP contribution >= 0.6 is 11.6 Å². The first-order valence-electron chi connectivity index (χ1n) is 7.33. The molecule has 0 spiro atoms. The lowest BCUT2D eigenvalue weighted by molar-refractivity contribution is -0.601. The minimum atomic E-state index is -0.423. The van der Waals surface area contributed by atoms with Crippen molar-refractivity contribution in [2.75, 3.05) is 7.11 Å². The molecule has 0 atom stereocenters. The number of ether oxygens (including phenoxy) is 1. The molecule has 2 aromatic rings. The lowest BCUT2D eigenvalue weighted by Crippen LogP contribution is -2.36. The van der Waals surface area contributed by atoms with Crippen molar-refractivity contribution in [3.63, 3.8) is 0 Å². The van der Waals surface area contributed by atoms with Gasteiger partial charge < -0.3 is 9.94 Å². The number of esters is 1. The van der Waals surface area contributed by atoms with Gasteiger partial charge in [-0.15, -0.1) is 0 Å². The summed E-state index contributed by atoms with van der Waals surface area (Å²) in [4.78, 5) is 11.6. The number of nitrogens with zero attached hydrogens (tertiary/aromatic N) is 1. The molecule has 0 N–H and O–H groups in total. The van der Waals surface area contributed by atoms with Crippen LogP contribution in [0.1, 0.15) is 27.9 Å². The Labute approximate surface area is 141 Å². The highest BCUT2D eigenvalue weighted by Crippen LogP contribution is 2.31. The molecule has 2 rings (SSSR count). The van der Waals surface area contributed by atoms with E-state index in [9.17, 15) is 10.0 Å². The first kappa shape index (κ1) is 17.3. The fraction of sp³-hybridized carbons (Fsp3) is 0.333. The van der Waals surface area contributed by atoms with Gasteiger partial charge in [0.25, 0.3) is 0 Å². The second-order valence-corrected chi connectivity index (χ2v) is 6.08. The van der Waals surface area contributed by atoms with Gasteiger partial charge in [0.15, 0.2) is 5.69 Å². The fourth-order valence-electron chi connectivity index (χ4n) is 2.58. The number of carbonyl (C=O) groups is 1. The molecule has 1 aromatic heterocycles. The molecule has 0 aliphatic carbocycles. The van der Waals surface area contributed by atoms with E-state index in [1.165, 1.54) is 7.11 Å². The summed E-state index contributed by atoms with van der Waals surface area (Å²) in [5.74, 6) is -0.423. The minimum absolute atomic E-state index is 0.0164. The summed E-state index contributed by atoms with van der Waals surface area (Å²) < 4.78 is 5.53. The molecule has 0 saturated heterocycles. The summed E-state index contributed by atoms with van der Waals surface area (Å²) in [5, 5.41) is 13.2. The van der Waals surface area contributed by atoms with Crippen molar-refractivity contribution in [3.05, 3.63) is 56.4 Å². The Kier molecular flexibility index (Phi) is 4.95. The molecule has 0 bridgehead atoms. The molecule has 0 unspecified atom stereocenters. The first-order chi connectivity index (χ1) is 10.8. The number of aryl methyl sites for hydroxylation is 2. The zero-order valence-electron chi connectivity index (χ0n) is 14.0. The van der Waals surface area contributed by atoms with Crippen LogP contribution in [0.25, 0.3) is 11.3 Å². The van der Waals surface area contributed by atoms with Gasteiger partial charge in [0, 0.05) is 18.1 Å². The van der Waals surface area contributed by atoms with Gasteiger partial charge in [-0.3, -0.25) is 4.79 Å². The molecular formula is C18H20ClNO3. The molecule has 0 radical (unpaired) electrons. The Morgan fingerprint density at radius 1 is 1.22 bits per heavy atom. The van der Waals surface area contributed by atoms with Crippen molar-refractivity contribution in [2.45, 2.75) is 34.1 Å². The van der Waals surface area contributed by atoms with Crippen molar-refractivity contribution in [1.29, 1.82) is 0 Å². The molecule has 4 nitrogen and oxygen atoms in total. The van der Waals surface area contributed by atoms with Crippen LogP contribution < -0.4 is 4.73 Å². The van der Waals surface area contributed by atoms with E-state index in [2.05, 4.69) is 4.74 Å². The van der Waals surface area contributed by atoms with Crippen LogP contribution in [0.3, 0.4) is 0 Å². The maximum atomic E-state index is 12.7. The smallest absolute Gasteiger partial charge is 0.310 e. The number of aromatic nitrogens is 1. The normalized spacial score (nSPS) is 10.7. The quantitative estimate of drug-likeness (QED) is 0.490. The predicted molar refractivity (Wildman–Crippen MR) is 90.5 cm³/mol. The van der Waals surface area contributed by atoms with Crippen LogP contribution in [-0.2, 0) is 16.0 Å². The van der Waals surface area contributed by atoms with E-state index in [0.29, 0.717) is 27.5 Å². The van der Waals surface area contributed by atoms with Gasteiger partial charge in [0.05, 0.1) is 24.1 Å². The molecule has 1 aromatic carbocycles. The third kappa shape index (κ3) is 3.17. The van der Waals surface area contributed by atoms with Crippen LogP contribution in [0, 0.1) is 32.9 Å². The van der Waals surface area contributed by atoms with E-state index in [1.807, 2.05) is 32.0 Å². The van der Waals surface area contributed by atoms with Crippen LogP contribution in [-0.4, -0.2) is 13.1 Å². The SMILES string of the molecule is COC(=O)Cc1c(Cl)c(C)c(-c2ccc(C)c(C)c2)[n+]([O-])c1C. The van der Waals surface area contributed by atoms with E-state index >= 15 is 0 Å². The number of benzene rings is 1. The molecule has 122 valence electrons. The number of carbonyl (C=O) groups excluding carboxylic acids is 1. The lowest BCUT2D eigenvalue weighted by Gasteiger charge is -2.16. The van der Waals surface area contributed by atoms with Crippen molar-refractivity contribution in [1.82, 2.24) is 0 Å². The predicted octanol–water partition coefficient (Wildman–Crippen LogP) is 3.59. The Morgan fingerprint density at radius 3 is 2.43 bits per heavy atom. The highest BCUT2D eigenvalue weighted by atomic mass is 35.5. The first-order valence-corrected chi connectivity index (χ1v) is 7.71. The molecule has 5 heteroatoms. The Bertz CT molecular complexity index is 755. The number of hydrogen-bond donors (Lipinski definition) is 0. The van der Waals surface area contributed by atoms with Crippen LogP contribution in [0.2, 0.25) is 5.02 Å². The van der Waals surface area contributed by atoms with Gasteiger partial charge >= 0.3 is 5.97 Å². The molecule has 0 aliphatic rings. The molecule has 0 amide bonds. The van der Waals surface area contributed by atoms with Crippen molar-refractivity contribution < 1.29 is 14.3 Å². The molecule has 0 fully saturated rings. The van der Waals surface area contributed by atoms with Gasteiger partial charge in [0.2, 0.25) is 5.69 Å². The largest absolute Gasteiger partial charge is 0.618 e. The zero-order valence-corrected chi connectivity index (χ0v) is 14.7. The molecule has 1 heterocycles. The lowest BCUT2D eigenvalue weighted by atomic mass is 9.98. The third-order valence-corrected chi connectivity index (χ3v) is 4.73. The van der Waals surface area contributed by atoms with Crippen LogP contribution in [0.4, 0.5) is 0 Å². The van der Waals surface area contributed by atoms with E-state index in [-0.39, 0.29) is 6.42 Å². The molecule has 0 saturated carbocycles. The average molecular weight is 334 g/mol. The molecule has 0 aliphatic heterocycles. The summed E-state index contributed by atoms with van der Waals surface area (Å²) in [6.07, 6.45) is -0.0164. The second-order valence-electron chi connectivity index (χ2n) is 5.70. The van der Waals surface area contributed by atoms with Crippen LogP contribution in [0.5, 0.6) is 0 Å². The maximum absolute atomic E-state index is 12.7. The summed E-state index contributed by atoms with van der Waals surface area (Å²) in [6, 6.07) is 5.87. The van der Waals surface area contributed by atoms with Crippen molar-refractivity contribution >= 4 is 17.6 Å². The Hall–Kier alpha value is -2.07. The van der Waals surface area contributed by atoms with E-state index in [4.69, 9.17) is 11.6 Å². The van der Waals surface area contributed by atoms with Crippen molar-refractivity contribution in [2.24, 2.45) is 0 Å². The number of rotatable bonds is 3. The number of methoxy groups -OCH3 is 1. The molecular weight excluding hydrogens is 314 g/mol. The van der Waals surface area contributed by atoms with Gasteiger partial charge in [-0.1, -0.05) is 17.7 Å². The van der Waals surface area contributed by atoms with Gasteiger partial charge in [-0.25, -0.2) is 0 Å². The minimum Gasteiger partial charge on any atom is -0.618 e. The van der Waals surface area contributed by atoms with Gasteiger partial charge in [-0.05, 0) is 44.0 Å². The van der Waals surface area contributed by atoms with Crippen molar-refractivity contribution in [3.8, 4) is 11.3 Å². The van der Waals surface area contributed by atoms with E-state index in [0.717, 1.165) is 21.4 Å². The van der Waals surface area contributed by atoms with E-state index < -0.39 is 5.97 Å². The second kappa shape index (κ2) is 6.59. The van der Waals surface area contributed by atoms with E-state index in [1.54, 1.807) is 13.8 Å². The summed E-state index contributed by atoms with van der Waals surface area (Å²) in [6.45, 7) is 7.49. The number of halogens is 1. The Morgan fingerprint density at radius 2 is 1.87 bits per heavy atom. The number of hydrogen-bond acceptors (Lipinski definition) is 3. The zero-order chi connectivity index (χ0) is 17.3. The van der Waals surface area contributed by atoms with Gasteiger partial charge in [-0.2, -0.15) is 4.73 Å². The van der Waals surface area contributed by atoms with Gasteiger partial charge in [0.1, 0.15) is 0 Å². The Balaban J connectivity index is 2.67. The standard InChI is InChI=1S/C18H20ClNO3/c1-10-6-7-14(8-11(10)2)18-12(3)17(19)15(9-16(21)23-5)13(4)20(18)22/h6-8H,9H2,1-5H3. The average Bonchev–Trinajstić information content (AvgIpc) is 2.53. The highest BCUT2D eigenvalue weighted by molar-refractivity contribution is 6.32. The summed E-state index contributed by atoms with van der Waals surface area (Å²) in [7, 11) is 1.31. The molecule has 23 heavy (non-hydrogen) atoms. The summed E-state index contributed by atoms with van der Waals surface area (Å²) in [5.41, 5.74) is 5.19. The monoisotopic (exact) mass is 333 g/mol. The third-order valence-electron chi connectivity index (χ3n) is 4.22. The topological polar surface area (TPSA) is 53.2 Å².